The van der Waals surface area contributed by atoms with E-state index >= 15 is 0 Å². The SMILES string of the molecule is FC(F)=C(F)Nc1ccc(F)cc1F. The Hall–Kier alpha value is -1.59. The van der Waals surface area contributed by atoms with E-state index in [0.29, 0.717) is 6.07 Å². The lowest BCUT2D eigenvalue weighted by Crippen LogP contribution is -1.98. The molecule has 6 heteroatoms. The van der Waals surface area contributed by atoms with Crippen molar-refractivity contribution in [1.29, 1.82) is 0 Å². The van der Waals surface area contributed by atoms with Crippen LogP contribution in [0.4, 0.5) is 27.6 Å². The Kier molecular flexibility index (Phi) is 3.06. The van der Waals surface area contributed by atoms with E-state index in [-0.39, 0.29) is 0 Å². The molecule has 1 rings (SSSR count). The highest BCUT2D eigenvalue weighted by atomic mass is 19.3. The zero-order valence-corrected chi connectivity index (χ0v) is 6.62. The van der Waals surface area contributed by atoms with E-state index in [1.807, 2.05) is 0 Å². The van der Waals surface area contributed by atoms with Crippen molar-refractivity contribution in [3.63, 3.8) is 0 Å². The van der Waals surface area contributed by atoms with Crippen molar-refractivity contribution in [3.05, 3.63) is 41.9 Å². The highest BCUT2D eigenvalue weighted by molar-refractivity contribution is 5.48. The number of benzene rings is 1. The third-order valence-corrected chi connectivity index (χ3v) is 1.34. The van der Waals surface area contributed by atoms with Gasteiger partial charge in [-0.15, -0.1) is 0 Å². The van der Waals surface area contributed by atoms with Crippen LogP contribution >= 0.6 is 0 Å². The van der Waals surface area contributed by atoms with Gasteiger partial charge in [0.2, 0.25) is 0 Å². The molecular weight excluding hydrogens is 205 g/mol. The number of hydrogen-bond donors (Lipinski definition) is 1. The summed E-state index contributed by atoms with van der Waals surface area (Å²) in [6.45, 7) is 0. The van der Waals surface area contributed by atoms with E-state index in [9.17, 15) is 22.0 Å². The fourth-order valence-corrected chi connectivity index (χ4v) is 0.756. The normalized spacial score (nSPS) is 9.79. The van der Waals surface area contributed by atoms with Gasteiger partial charge in [0.1, 0.15) is 11.6 Å². The van der Waals surface area contributed by atoms with Crippen molar-refractivity contribution in [3.8, 4) is 0 Å². The zero-order chi connectivity index (χ0) is 10.7. The first-order valence-corrected chi connectivity index (χ1v) is 3.43. The molecule has 0 bridgehead atoms. The van der Waals surface area contributed by atoms with Gasteiger partial charge >= 0.3 is 6.08 Å². The Morgan fingerprint density at radius 3 is 2.21 bits per heavy atom. The van der Waals surface area contributed by atoms with Crippen LogP contribution in [0.5, 0.6) is 0 Å². The van der Waals surface area contributed by atoms with Gasteiger partial charge in [-0.25, -0.2) is 8.78 Å². The highest BCUT2D eigenvalue weighted by Crippen LogP contribution is 2.19. The quantitative estimate of drug-likeness (QED) is 0.581. The molecule has 0 saturated carbocycles. The fraction of sp³-hybridized carbons (Fsp3) is 0. The molecule has 0 atom stereocenters. The molecule has 0 saturated heterocycles. The second-order valence-electron chi connectivity index (χ2n) is 2.32. The lowest BCUT2D eigenvalue weighted by atomic mass is 10.3. The average Bonchev–Trinajstić information content (AvgIpc) is 2.09. The molecule has 0 unspecified atom stereocenters. The molecule has 0 spiro atoms. The van der Waals surface area contributed by atoms with E-state index in [0.717, 1.165) is 12.1 Å². The van der Waals surface area contributed by atoms with Crippen LogP contribution in [-0.2, 0) is 0 Å². The number of hydrogen-bond acceptors (Lipinski definition) is 1. The topological polar surface area (TPSA) is 12.0 Å². The van der Waals surface area contributed by atoms with E-state index < -0.39 is 29.4 Å². The first-order valence-electron chi connectivity index (χ1n) is 3.43. The van der Waals surface area contributed by atoms with Gasteiger partial charge in [-0.2, -0.15) is 13.2 Å². The average molecular weight is 209 g/mol. The lowest BCUT2D eigenvalue weighted by Gasteiger charge is -2.03. The van der Waals surface area contributed by atoms with Crippen molar-refractivity contribution < 1.29 is 22.0 Å². The summed E-state index contributed by atoms with van der Waals surface area (Å²) in [6.07, 6.45) is -2.60. The molecule has 0 aliphatic rings. The summed E-state index contributed by atoms with van der Waals surface area (Å²) in [5.74, 6) is -3.99. The minimum atomic E-state index is -2.60. The second kappa shape index (κ2) is 4.08. The minimum absolute atomic E-state index is 0.450. The molecule has 0 radical (unpaired) electrons. The molecule has 1 N–H and O–H groups in total. The van der Waals surface area contributed by atoms with Crippen LogP contribution < -0.4 is 5.32 Å². The summed E-state index contributed by atoms with van der Waals surface area (Å²) >= 11 is 0. The zero-order valence-electron chi connectivity index (χ0n) is 6.62. The summed E-state index contributed by atoms with van der Waals surface area (Å²) < 4.78 is 60.5. The Morgan fingerprint density at radius 2 is 1.71 bits per heavy atom. The van der Waals surface area contributed by atoms with Crippen LogP contribution in [-0.4, -0.2) is 0 Å². The number of nitrogens with one attached hydrogen (secondary N) is 1. The van der Waals surface area contributed by atoms with Crippen molar-refractivity contribution in [2.45, 2.75) is 0 Å². The van der Waals surface area contributed by atoms with Gasteiger partial charge in [0, 0.05) is 6.07 Å². The molecule has 1 aromatic rings. The van der Waals surface area contributed by atoms with Crippen LogP contribution in [0.25, 0.3) is 0 Å². The second-order valence-corrected chi connectivity index (χ2v) is 2.32. The van der Waals surface area contributed by atoms with Crippen molar-refractivity contribution in [2.75, 3.05) is 5.32 Å². The lowest BCUT2D eigenvalue weighted by molar-refractivity contribution is 0.382. The van der Waals surface area contributed by atoms with Crippen molar-refractivity contribution in [1.82, 2.24) is 0 Å². The molecule has 1 nitrogen and oxygen atoms in total. The molecule has 14 heavy (non-hydrogen) atoms. The fourth-order valence-electron chi connectivity index (χ4n) is 0.756. The summed E-state index contributed by atoms with van der Waals surface area (Å²) in [7, 11) is 0. The number of anilines is 1. The van der Waals surface area contributed by atoms with Gasteiger partial charge in [0.15, 0.2) is 0 Å². The Morgan fingerprint density at radius 1 is 1.07 bits per heavy atom. The maximum absolute atomic E-state index is 12.7. The van der Waals surface area contributed by atoms with Gasteiger partial charge in [0.05, 0.1) is 5.69 Å². The smallest absolute Gasteiger partial charge is 0.322 e. The van der Waals surface area contributed by atoms with Gasteiger partial charge in [0.25, 0.3) is 5.95 Å². The summed E-state index contributed by atoms with van der Waals surface area (Å²) in [6, 6.07) is 2.08. The van der Waals surface area contributed by atoms with Crippen LogP contribution in [0.2, 0.25) is 0 Å². The molecule has 1 aromatic carbocycles. The maximum Gasteiger partial charge on any atom is 0.322 e. The number of halogens is 5. The Labute approximate surface area is 75.8 Å². The number of rotatable bonds is 2. The third kappa shape index (κ3) is 2.45. The summed E-state index contributed by atoms with van der Waals surface area (Å²) in [4.78, 5) is 0. The minimum Gasteiger partial charge on any atom is -0.325 e. The molecule has 0 heterocycles. The van der Waals surface area contributed by atoms with E-state index in [1.54, 1.807) is 0 Å². The standard InChI is InChI=1S/C8H4F5N/c9-4-1-2-6(5(10)3-4)14-8(13)7(11)12/h1-3,14H. The van der Waals surface area contributed by atoms with Crippen LogP contribution in [0.3, 0.4) is 0 Å². The Bertz CT molecular complexity index is 370. The predicted octanol–water partition coefficient (Wildman–Crippen LogP) is 3.41. The third-order valence-electron chi connectivity index (χ3n) is 1.34. The molecule has 76 valence electrons. The van der Waals surface area contributed by atoms with Gasteiger partial charge in [-0.3, -0.25) is 0 Å². The highest BCUT2D eigenvalue weighted by Gasteiger charge is 2.09. The van der Waals surface area contributed by atoms with Gasteiger partial charge < -0.3 is 5.32 Å². The largest absolute Gasteiger partial charge is 0.325 e. The van der Waals surface area contributed by atoms with Crippen LogP contribution in [0.1, 0.15) is 0 Å². The first-order chi connectivity index (χ1) is 6.50. The van der Waals surface area contributed by atoms with E-state index in [1.165, 1.54) is 5.32 Å². The molecule has 0 aromatic heterocycles. The predicted molar refractivity (Wildman–Crippen MR) is 40.3 cm³/mol. The van der Waals surface area contributed by atoms with Crippen molar-refractivity contribution >= 4 is 5.69 Å². The molecule has 0 fully saturated rings. The van der Waals surface area contributed by atoms with Crippen LogP contribution in [0, 0.1) is 11.6 Å². The molecule has 0 amide bonds. The monoisotopic (exact) mass is 209 g/mol. The Balaban J connectivity index is 2.93. The van der Waals surface area contributed by atoms with Gasteiger partial charge in [-0.1, -0.05) is 0 Å². The van der Waals surface area contributed by atoms with Crippen molar-refractivity contribution in [2.24, 2.45) is 0 Å². The first kappa shape index (κ1) is 10.5. The molecular formula is C8H4F5N. The summed E-state index contributed by atoms with van der Waals surface area (Å²) in [5.41, 5.74) is -0.559. The van der Waals surface area contributed by atoms with E-state index in [4.69, 9.17) is 0 Å². The van der Waals surface area contributed by atoms with Gasteiger partial charge in [-0.05, 0) is 12.1 Å². The molecule has 0 aliphatic carbocycles. The van der Waals surface area contributed by atoms with Crippen LogP contribution in [0.15, 0.2) is 30.2 Å². The maximum atomic E-state index is 12.7. The van der Waals surface area contributed by atoms with E-state index in [2.05, 4.69) is 0 Å². The molecule has 0 aliphatic heterocycles. The summed E-state index contributed by atoms with van der Waals surface area (Å²) in [5, 5.41) is 1.46.